The van der Waals surface area contributed by atoms with E-state index in [9.17, 15) is 18.4 Å². The van der Waals surface area contributed by atoms with Gasteiger partial charge in [-0.3, -0.25) is 14.3 Å². The Morgan fingerprint density at radius 2 is 1.80 bits per heavy atom. The monoisotopic (exact) mass is 474 g/mol. The van der Waals surface area contributed by atoms with Gasteiger partial charge in [0, 0.05) is 31.4 Å². The zero-order valence-corrected chi connectivity index (χ0v) is 18.9. The first-order valence-corrected chi connectivity index (χ1v) is 10.8. The molecule has 0 spiro atoms. The first kappa shape index (κ1) is 22.3. The molecule has 9 heteroatoms. The molecule has 0 aliphatic rings. The van der Waals surface area contributed by atoms with E-state index in [1.54, 1.807) is 55.1 Å². The van der Waals surface area contributed by atoms with E-state index < -0.39 is 23.0 Å². The molecule has 0 fully saturated rings. The highest BCUT2D eigenvalue weighted by molar-refractivity contribution is 5.98. The summed E-state index contributed by atoms with van der Waals surface area (Å²) >= 11 is 0. The number of Topliss-reactive ketones (excluding diaryl/α,β-unsaturated/α-hetero) is 1. The quantitative estimate of drug-likeness (QED) is 0.337. The third-order valence-corrected chi connectivity index (χ3v) is 5.88. The average Bonchev–Trinajstić information content (AvgIpc) is 3.40. The average molecular weight is 474 g/mol. The fourth-order valence-electron chi connectivity index (χ4n) is 4.04. The number of benzene rings is 2. The van der Waals surface area contributed by atoms with Gasteiger partial charge in [-0.25, -0.2) is 18.0 Å². The lowest BCUT2D eigenvalue weighted by atomic mass is 10.0. The summed E-state index contributed by atoms with van der Waals surface area (Å²) in [5.41, 5.74) is 1.46. The van der Waals surface area contributed by atoms with E-state index in [4.69, 9.17) is 4.74 Å². The number of carbonyl (C=O) groups excluding carboxylic acids is 1. The molecule has 2 aromatic carbocycles. The third kappa shape index (κ3) is 4.01. The predicted octanol–water partition coefficient (Wildman–Crippen LogP) is 4.63. The molecule has 3 heterocycles. The van der Waals surface area contributed by atoms with Gasteiger partial charge in [0.15, 0.2) is 23.1 Å². The number of aromatic nitrogens is 4. The summed E-state index contributed by atoms with van der Waals surface area (Å²) in [6.45, 7) is 1.66. The minimum atomic E-state index is -0.634. The maximum absolute atomic E-state index is 14.8. The molecule has 0 atom stereocenters. The molecule has 3 aromatic heterocycles. The van der Waals surface area contributed by atoms with Crippen LogP contribution in [-0.4, -0.2) is 24.8 Å². The molecule has 7 nitrogen and oxygen atoms in total. The molecule has 0 unspecified atom stereocenters. The van der Waals surface area contributed by atoms with Gasteiger partial charge < -0.3 is 4.74 Å². The number of ether oxygens (including phenoxy) is 1. The fraction of sp³-hybridized carbons (Fsp3) is 0.115. The van der Waals surface area contributed by atoms with Gasteiger partial charge in [0.05, 0.1) is 11.9 Å². The van der Waals surface area contributed by atoms with E-state index in [-0.39, 0.29) is 17.7 Å². The normalized spacial score (nSPS) is 11.2. The van der Waals surface area contributed by atoms with Crippen molar-refractivity contribution in [3.63, 3.8) is 0 Å². The Morgan fingerprint density at radius 1 is 1.03 bits per heavy atom. The van der Waals surface area contributed by atoms with Crippen molar-refractivity contribution in [2.45, 2.75) is 13.3 Å². The van der Waals surface area contributed by atoms with E-state index in [0.717, 1.165) is 0 Å². The van der Waals surface area contributed by atoms with Crippen LogP contribution in [0, 0.1) is 18.6 Å². The van der Waals surface area contributed by atoms with Gasteiger partial charge in [0.25, 0.3) is 5.56 Å². The van der Waals surface area contributed by atoms with E-state index in [1.165, 1.54) is 45.8 Å². The molecule has 0 aliphatic carbocycles. The van der Waals surface area contributed by atoms with Crippen LogP contribution in [0.4, 0.5) is 8.78 Å². The van der Waals surface area contributed by atoms with Crippen LogP contribution in [0.5, 0.6) is 11.5 Å². The molecule has 0 bridgehead atoms. The third-order valence-electron chi connectivity index (χ3n) is 5.88. The standard InChI is InChI=1S/C26H20F2N4O3/c1-16-25(26(34)32(30(16)2)19-8-6-18(27)7-9-19)22(33)15-17-5-10-23(20(28)14-17)35-24-11-12-29-31-13-3-4-21(24)31/h3-14H,15H2,1-2H3. The number of ketones is 1. The van der Waals surface area contributed by atoms with Gasteiger partial charge in [-0.05, 0) is 61.0 Å². The maximum Gasteiger partial charge on any atom is 0.282 e. The summed E-state index contributed by atoms with van der Waals surface area (Å²) in [6.07, 6.45) is 3.13. The topological polar surface area (TPSA) is 70.5 Å². The molecule has 0 saturated carbocycles. The molecule has 0 aliphatic heterocycles. The van der Waals surface area contributed by atoms with E-state index in [2.05, 4.69) is 5.10 Å². The Kier molecular flexibility index (Phi) is 5.52. The Morgan fingerprint density at radius 3 is 2.54 bits per heavy atom. The van der Waals surface area contributed by atoms with E-state index in [0.29, 0.717) is 28.2 Å². The lowest BCUT2D eigenvalue weighted by molar-refractivity contribution is 0.0991. The van der Waals surface area contributed by atoms with Crippen molar-refractivity contribution in [2.24, 2.45) is 7.05 Å². The first-order chi connectivity index (χ1) is 16.8. The van der Waals surface area contributed by atoms with Crippen molar-refractivity contribution in [3.05, 3.63) is 112 Å². The first-order valence-electron chi connectivity index (χ1n) is 10.8. The fourth-order valence-corrected chi connectivity index (χ4v) is 4.04. The van der Waals surface area contributed by atoms with Crippen LogP contribution < -0.4 is 10.3 Å². The zero-order chi connectivity index (χ0) is 24.7. The SMILES string of the molecule is Cc1c(C(=O)Cc2ccc(Oc3ccnn4cccc34)c(F)c2)c(=O)n(-c2ccc(F)cc2)n1C. The molecule has 0 amide bonds. The van der Waals surface area contributed by atoms with Gasteiger partial charge in [-0.15, -0.1) is 0 Å². The highest BCUT2D eigenvalue weighted by atomic mass is 19.1. The lowest BCUT2D eigenvalue weighted by Crippen LogP contribution is -2.23. The molecule has 0 saturated heterocycles. The number of hydrogen-bond donors (Lipinski definition) is 0. The van der Waals surface area contributed by atoms with Crippen molar-refractivity contribution >= 4 is 11.3 Å². The van der Waals surface area contributed by atoms with Crippen molar-refractivity contribution in [3.8, 4) is 17.2 Å². The summed E-state index contributed by atoms with van der Waals surface area (Å²) in [7, 11) is 1.64. The number of rotatable bonds is 6. The van der Waals surface area contributed by atoms with Crippen molar-refractivity contribution < 1.29 is 18.3 Å². The van der Waals surface area contributed by atoms with E-state index in [1.807, 2.05) is 0 Å². The number of carbonyl (C=O) groups is 1. The van der Waals surface area contributed by atoms with E-state index >= 15 is 0 Å². The number of halogens is 2. The van der Waals surface area contributed by atoms with Gasteiger partial charge >= 0.3 is 0 Å². The number of nitrogens with zero attached hydrogens (tertiary/aromatic N) is 4. The summed E-state index contributed by atoms with van der Waals surface area (Å²) in [5, 5.41) is 4.15. The lowest BCUT2D eigenvalue weighted by Gasteiger charge is -2.09. The van der Waals surface area contributed by atoms with Crippen LogP contribution in [0.3, 0.4) is 0 Å². The molecule has 0 radical (unpaired) electrons. The van der Waals surface area contributed by atoms with Crippen molar-refractivity contribution in [1.82, 2.24) is 19.0 Å². The Balaban J connectivity index is 1.40. The molecule has 5 rings (SSSR count). The molecule has 0 N–H and O–H groups in total. The Bertz CT molecular complexity index is 1630. The minimum absolute atomic E-state index is 0.00460. The van der Waals surface area contributed by atoms with Crippen LogP contribution in [0.2, 0.25) is 0 Å². The summed E-state index contributed by atoms with van der Waals surface area (Å²) in [5.74, 6) is -1.06. The predicted molar refractivity (Wildman–Crippen MR) is 125 cm³/mol. The second kappa shape index (κ2) is 8.68. The molecule has 5 aromatic rings. The van der Waals surface area contributed by atoms with Crippen molar-refractivity contribution in [2.75, 3.05) is 0 Å². The van der Waals surface area contributed by atoms with Gasteiger partial charge in [-0.2, -0.15) is 5.10 Å². The molecular weight excluding hydrogens is 454 g/mol. The molecule has 176 valence electrons. The van der Waals surface area contributed by atoms with Gasteiger partial charge in [0.1, 0.15) is 16.9 Å². The maximum atomic E-state index is 14.8. The van der Waals surface area contributed by atoms with Crippen molar-refractivity contribution in [1.29, 1.82) is 0 Å². The highest BCUT2D eigenvalue weighted by Gasteiger charge is 2.23. The van der Waals surface area contributed by atoms with Gasteiger partial charge in [-0.1, -0.05) is 6.07 Å². The smallest absolute Gasteiger partial charge is 0.282 e. The summed E-state index contributed by atoms with van der Waals surface area (Å²) in [4.78, 5) is 26.1. The minimum Gasteiger partial charge on any atom is -0.452 e. The van der Waals surface area contributed by atoms with Gasteiger partial charge in [0.2, 0.25) is 0 Å². The zero-order valence-electron chi connectivity index (χ0n) is 18.9. The summed E-state index contributed by atoms with van der Waals surface area (Å²) < 4.78 is 38.3. The Hall–Kier alpha value is -4.53. The number of hydrogen-bond acceptors (Lipinski definition) is 4. The highest BCUT2D eigenvalue weighted by Crippen LogP contribution is 2.28. The number of fused-ring (bicyclic) bond motifs is 1. The second-order valence-electron chi connectivity index (χ2n) is 8.08. The van der Waals surface area contributed by atoms with Crippen LogP contribution in [-0.2, 0) is 13.5 Å². The van der Waals surface area contributed by atoms with Crippen LogP contribution in [0.15, 0.2) is 77.9 Å². The van der Waals surface area contributed by atoms with Crippen LogP contribution in [0.1, 0.15) is 21.6 Å². The molecular formula is C26H20F2N4O3. The summed E-state index contributed by atoms with van der Waals surface area (Å²) in [6, 6.07) is 14.9. The van der Waals surface area contributed by atoms with Crippen LogP contribution >= 0.6 is 0 Å². The van der Waals surface area contributed by atoms with Crippen LogP contribution in [0.25, 0.3) is 11.2 Å². The largest absolute Gasteiger partial charge is 0.452 e. The second-order valence-corrected chi connectivity index (χ2v) is 8.08. The Labute approximate surface area is 198 Å². The molecule has 35 heavy (non-hydrogen) atoms.